The summed E-state index contributed by atoms with van der Waals surface area (Å²) in [7, 11) is 0. The van der Waals surface area contributed by atoms with Crippen molar-refractivity contribution in [1.82, 2.24) is 4.90 Å². The first-order chi connectivity index (χ1) is 9.41. The molecule has 1 aliphatic heterocycles. The number of benzene rings is 1. The van der Waals surface area contributed by atoms with Crippen molar-refractivity contribution in [3.63, 3.8) is 0 Å². The normalized spacial score (nSPS) is 22.6. The van der Waals surface area contributed by atoms with E-state index in [-0.39, 0.29) is 5.91 Å². The Morgan fingerprint density at radius 2 is 2.10 bits per heavy atom. The topological polar surface area (TPSA) is 57.6 Å². The molecular formula is C15H18INO3. The Kier molecular flexibility index (Phi) is 4.67. The van der Waals surface area contributed by atoms with Crippen LogP contribution in [0.1, 0.15) is 35.7 Å². The van der Waals surface area contributed by atoms with Crippen LogP contribution in [-0.4, -0.2) is 34.5 Å². The highest BCUT2D eigenvalue weighted by Gasteiger charge is 2.35. The maximum atomic E-state index is 12.7. The van der Waals surface area contributed by atoms with Crippen LogP contribution in [0.3, 0.4) is 0 Å². The van der Waals surface area contributed by atoms with E-state index in [4.69, 9.17) is 0 Å². The van der Waals surface area contributed by atoms with Crippen molar-refractivity contribution in [2.45, 2.75) is 32.7 Å². The maximum absolute atomic E-state index is 12.7. The molecule has 5 heteroatoms. The molecule has 1 fully saturated rings. The van der Waals surface area contributed by atoms with Crippen molar-refractivity contribution in [2.24, 2.45) is 5.92 Å². The van der Waals surface area contributed by atoms with Gasteiger partial charge in [-0.2, -0.15) is 0 Å². The lowest BCUT2D eigenvalue weighted by Crippen LogP contribution is -2.50. The molecule has 2 atom stereocenters. The van der Waals surface area contributed by atoms with Gasteiger partial charge in [-0.3, -0.25) is 4.79 Å². The van der Waals surface area contributed by atoms with Gasteiger partial charge in [0.05, 0.1) is 5.56 Å². The predicted octanol–water partition coefficient (Wildman–Crippen LogP) is 2.92. The summed E-state index contributed by atoms with van der Waals surface area (Å²) in [5.74, 6) is -0.735. The van der Waals surface area contributed by atoms with Gasteiger partial charge in [-0.1, -0.05) is 19.1 Å². The molecule has 20 heavy (non-hydrogen) atoms. The number of aryl methyl sites for hydroxylation is 1. The van der Waals surface area contributed by atoms with Crippen LogP contribution < -0.4 is 0 Å². The number of halogens is 1. The molecule has 1 amide bonds. The van der Waals surface area contributed by atoms with Gasteiger partial charge in [0.2, 0.25) is 0 Å². The fourth-order valence-electron chi connectivity index (χ4n) is 2.59. The van der Waals surface area contributed by atoms with Crippen LogP contribution in [0, 0.1) is 16.4 Å². The maximum Gasteiger partial charge on any atom is 0.326 e. The van der Waals surface area contributed by atoms with Crippen LogP contribution in [0.2, 0.25) is 0 Å². The standard InChI is InChI=1S/C15H18INO3/c1-9-6-7-17(12(8-9)15(19)20)14(18)11-5-3-4-10(2)13(11)16/h3-5,9,12H,6-8H2,1-2H3,(H,19,20). The van der Waals surface area contributed by atoms with Crippen molar-refractivity contribution in [3.05, 3.63) is 32.9 Å². The Labute approximate surface area is 132 Å². The average molecular weight is 387 g/mol. The van der Waals surface area contributed by atoms with Crippen molar-refractivity contribution >= 4 is 34.5 Å². The van der Waals surface area contributed by atoms with E-state index < -0.39 is 12.0 Å². The van der Waals surface area contributed by atoms with Gasteiger partial charge in [0, 0.05) is 10.1 Å². The van der Waals surface area contributed by atoms with E-state index in [1.54, 1.807) is 6.07 Å². The quantitative estimate of drug-likeness (QED) is 0.794. The number of hydrogen-bond donors (Lipinski definition) is 1. The third-order valence-corrected chi connectivity index (χ3v) is 5.26. The van der Waals surface area contributed by atoms with E-state index in [1.165, 1.54) is 4.90 Å². The number of carbonyl (C=O) groups excluding carboxylic acids is 1. The number of piperidine rings is 1. The molecule has 1 saturated heterocycles. The molecule has 1 aromatic rings. The lowest BCUT2D eigenvalue weighted by Gasteiger charge is -2.36. The summed E-state index contributed by atoms with van der Waals surface area (Å²) in [4.78, 5) is 25.6. The molecule has 1 aliphatic rings. The van der Waals surface area contributed by atoms with E-state index in [0.29, 0.717) is 24.4 Å². The van der Waals surface area contributed by atoms with Crippen LogP contribution in [0.25, 0.3) is 0 Å². The molecule has 1 heterocycles. The summed E-state index contributed by atoms with van der Waals surface area (Å²) in [5.41, 5.74) is 1.64. The molecule has 1 aromatic carbocycles. The second-order valence-corrected chi connectivity index (χ2v) is 6.50. The Hall–Kier alpha value is -1.11. The van der Waals surface area contributed by atoms with Crippen LogP contribution in [0.5, 0.6) is 0 Å². The largest absolute Gasteiger partial charge is 0.480 e. The van der Waals surface area contributed by atoms with Gasteiger partial charge in [-0.25, -0.2) is 4.79 Å². The molecule has 0 aliphatic carbocycles. The number of carboxylic acid groups (broad SMARTS) is 1. The molecule has 0 bridgehead atoms. The van der Waals surface area contributed by atoms with Crippen molar-refractivity contribution in [3.8, 4) is 0 Å². The van der Waals surface area contributed by atoms with Gasteiger partial charge in [0.25, 0.3) is 5.91 Å². The van der Waals surface area contributed by atoms with Crippen molar-refractivity contribution in [1.29, 1.82) is 0 Å². The molecule has 0 aromatic heterocycles. The number of carboxylic acids is 1. The number of hydrogen-bond acceptors (Lipinski definition) is 2. The van der Waals surface area contributed by atoms with Gasteiger partial charge >= 0.3 is 5.97 Å². The zero-order chi connectivity index (χ0) is 14.9. The highest BCUT2D eigenvalue weighted by atomic mass is 127. The SMILES string of the molecule is Cc1cccc(C(=O)N2CCC(C)CC2C(=O)O)c1I. The monoisotopic (exact) mass is 387 g/mol. The van der Waals surface area contributed by atoms with Crippen LogP contribution in [-0.2, 0) is 4.79 Å². The minimum atomic E-state index is -0.910. The minimum absolute atomic E-state index is 0.169. The molecule has 0 radical (unpaired) electrons. The Morgan fingerprint density at radius 3 is 2.75 bits per heavy atom. The van der Waals surface area contributed by atoms with Gasteiger partial charge in [-0.15, -0.1) is 0 Å². The minimum Gasteiger partial charge on any atom is -0.480 e. The predicted molar refractivity (Wildman–Crippen MR) is 84.8 cm³/mol. The van der Waals surface area contributed by atoms with E-state index in [0.717, 1.165) is 15.6 Å². The van der Waals surface area contributed by atoms with E-state index >= 15 is 0 Å². The van der Waals surface area contributed by atoms with Crippen molar-refractivity contribution < 1.29 is 14.7 Å². The second-order valence-electron chi connectivity index (χ2n) is 5.42. The summed E-state index contributed by atoms with van der Waals surface area (Å²) < 4.78 is 0.901. The average Bonchev–Trinajstić information content (AvgIpc) is 2.41. The summed E-state index contributed by atoms with van der Waals surface area (Å²) >= 11 is 2.15. The van der Waals surface area contributed by atoms with Crippen LogP contribution in [0.15, 0.2) is 18.2 Å². The molecule has 2 unspecified atom stereocenters. The fraction of sp³-hybridized carbons (Fsp3) is 0.467. The smallest absolute Gasteiger partial charge is 0.326 e. The van der Waals surface area contributed by atoms with E-state index in [2.05, 4.69) is 22.6 Å². The summed E-state index contributed by atoms with van der Waals surface area (Å²) in [6.07, 6.45) is 1.39. The molecular weight excluding hydrogens is 369 g/mol. The molecule has 1 N–H and O–H groups in total. The Bertz CT molecular complexity index is 544. The van der Waals surface area contributed by atoms with Crippen LogP contribution in [0.4, 0.5) is 0 Å². The molecule has 4 nitrogen and oxygen atoms in total. The Morgan fingerprint density at radius 1 is 1.40 bits per heavy atom. The van der Waals surface area contributed by atoms with Crippen molar-refractivity contribution in [2.75, 3.05) is 6.54 Å². The highest BCUT2D eigenvalue weighted by molar-refractivity contribution is 14.1. The number of likely N-dealkylation sites (tertiary alicyclic amines) is 1. The molecule has 0 saturated carbocycles. The molecule has 2 rings (SSSR count). The number of carbonyl (C=O) groups is 2. The second kappa shape index (κ2) is 6.11. The summed E-state index contributed by atoms with van der Waals surface area (Å²) in [6, 6.07) is 4.86. The third-order valence-electron chi connectivity index (χ3n) is 3.83. The number of amides is 1. The Balaban J connectivity index is 2.31. The zero-order valence-electron chi connectivity index (χ0n) is 11.6. The third kappa shape index (κ3) is 2.97. The summed E-state index contributed by atoms with van der Waals surface area (Å²) in [5, 5.41) is 9.35. The molecule has 0 spiro atoms. The number of rotatable bonds is 2. The number of nitrogens with zero attached hydrogens (tertiary/aromatic N) is 1. The van der Waals surface area contributed by atoms with Gasteiger partial charge < -0.3 is 10.0 Å². The first kappa shape index (κ1) is 15.3. The van der Waals surface area contributed by atoms with E-state index in [9.17, 15) is 14.7 Å². The molecule has 108 valence electrons. The lowest BCUT2D eigenvalue weighted by molar-refractivity contribution is -0.144. The van der Waals surface area contributed by atoms with Gasteiger partial charge in [0.15, 0.2) is 0 Å². The van der Waals surface area contributed by atoms with Gasteiger partial charge in [-0.05, 0) is 59.9 Å². The highest BCUT2D eigenvalue weighted by Crippen LogP contribution is 2.26. The number of aliphatic carboxylic acids is 1. The lowest BCUT2D eigenvalue weighted by atomic mass is 9.92. The summed E-state index contributed by atoms with van der Waals surface area (Å²) in [6.45, 7) is 4.50. The van der Waals surface area contributed by atoms with Gasteiger partial charge in [0.1, 0.15) is 6.04 Å². The zero-order valence-corrected chi connectivity index (χ0v) is 13.8. The first-order valence-electron chi connectivity index (χ1n) is 6.70. The fourth-order valence-corrected chi connectivity index (χ4v) is 3.18. The van der Waals surface area contributed by atoms with E-state index in [1.807, 2.05) is 26.0 Å². The first-order valence-corrected chi connectivity index (χ1v) is 7.78. The van der Waals surface area contributed by atoms with Crippen LogP contribution >= 0.6 is 22.6 Å².